The molecule has 2 aromatic carbocycles. The molecule has 1 heterocycles. The Hall–Kier alpha value is -2.95. The van der Waals surface area contributed by atoms with E-state index in [-0.39, 0.29) is 6.42 Å². The Kier molecular flexibility index (Phi) is 4.19. The van der Waals surface area contributed by atoms with Gasteiger partial charge in [0.05, 0.1) is 13.5 Å². The van der Waals surface area contributed by atoms with E-state index >= 15 is 0 Å². The smallest absolute Gasteiger partial charge is 0.307 e. The van der Waals surface area contributed by atoms with Gasteiger partial charge < -0.3 is 19.6 Å². The summed E-state index contributed by atoms with van der Waals surface area (Å²) in [5.74, 6) is 0.635. The van der Waals surface area contributed by atoms with E-state index in [4.69, 9.17) is 14.6 Å². The largest absolute Gasteiger partial charge is 0.497 e. The van der Waals surface area contributed by atoms with E-state index in [1.54, 1.807) is 13.3 Å². The van der Waals surface area contributed by atoms with E-state index in [0.717, 1.165) is 27.8 Å². The predicted molar refractivity (Wildman–Crippen MR) is 87.0 cm³/mol. The normalized spacial score (nSPS) is 10.7. The molecule has 118 valence electrons. The van der Waals surface area contributed by atoms with Gasteiger partial charge >= 0.3 is 5.97 Å². The number of aromatic nitrogens is 1. The lowest BCUT2D eigenvalue weighted by Gasteiger charge is -2.08. The number of carboxylic acid groups (broad SMARTS) is 1. The summed E-state index contributed by atoms with van der Waals surface area (Å²) >= 11 is 0. The van der Waals surface area contributed by atoms with Crippen molar-refractivity contribution in [2.24, 2.45) is 0 Å². The van der Waals surface area contributed by atoms with Crippen molar-refractivity contribution in [2.45, 2.75) is 13.0 Å². The fourth-order valence-electron chi connectivity index (χ4n) is 2.49. The molecule has 0 atom stereocenters. The Bertz CT molecular complexity index is 838. The quantitative estimate of drug-likeness (QED) is 0.732. The molecule has 2 N–H and O–H groups in total. The molecule has 0 saturated carbocycles. The summed E-state index contributed by atoms with van der Waals surface area (Å²) in [4.78, 5) is 14.0. The summed E-state index contributed by atoms with van der Waals surface area (Å²) in [6, 6.07) is 13.3. The third-order valence-corrected chi connectivity index (χ3v) is 3.62. The molecule has 0 spiro atoms. The maximum Gasteiger partial charge on any atom is 0.307 e. The first kappa shape index (κ1) is 15.0. The van der Waals surface area contributed by atoms with E-state index in [2.05, 4.69) is 4.98 Å². The molecule has 3 aromatic rings. The molecule has 3 rings (SSSR count). The zero-order valence-electron chi connectivity index (χ0n) is 12.7. The van der Waals surface area contributed by atoms with Gasteiger partial charge in [0.2, 0.25) is 0 Å². The number of fused-ring (bicyclic) bond motifs is 1. The highest BCUT2D eigenvalue weighted by Crippen LogP contribution is 2.25. The third kappa shape index (κ3) is 3.45. The van der Waals surface area contributed by atoms with Crippen LogP contribution >= 0.6 is 0 Å². The van der Waals surface area contributed by atoms with Crippen LogP contribution in [0.5, 0.6) is 11.5 Å². The van der Waals surface area contributed by atoms with Crippen LogP contribution in [0.15, 0.2) is 48.7 Å². The predicted octanol–water partition coefficient (Wildman–Crippen LogP) is 3.38. The van der Waals surface area contributed by atoms with Crippen molar-refractivity contribution in [2.75, 3.05) is 7.11 Å². The second-order valence-electron chi connectivity index (χ2n) is 5.23. The summed E-state index contributed by atoms with van der Waals surface area (Å²) in [5.41, 5.74) is 2.65. The summed E-state index contributed by atoms with van der Waals surface area (Å²) in [7, 11) is 1.63. The van der Waals surface area contributed by atoms with Gasteiger partial charge in [-0.05, 0) is 41.5 Å². The van der Waals surface area contributed by atoms with Crippen molar-refractivity contribution in [3.63, 3.8) is 0 Å². The van der Waals surface area contributed by atoms with Gasteiger partial charge in [0.25, 0.3) is 0 Å². The highest BCUT2D eigenvalue weighted by atomic mass is 16.5. The van der Waals surface area contributed by atoms with Crippen molar-refractivity contribution in [3.05, 3.63) is 59.8 Å². The van der Waals surface area contributed by atoms with E-state index in [9.17, 15) is 4.79 Å². The summed E-state index contributed by atoms with van der Waals surface area (Å²) in [6.07, 6.45) is 1.71. The molecule has 1 aromatic heterocycles. The van der Waals surface area contributed by atoms with Crippen molar-refractivity contribution < 1.29 is 19.4 Å². The minimum absolute atomic E-state index is 0.0145. The van der Waals surface area contributed by atoms with Gasteiger partial charge in [-0.2, -0.15) is 0 Å². The number of benzene rings is 2. The number of aromatic amines is 1. The minimum atomic E-state index is -0.853. The van der Waals surface area contributed by atoms with Crippen LogP contribution in [0, 0.1) is 0 Å². The molecule has 0 bridgehead atoms. The molecule has 0 amide bonds. The molecule has 0 fully saturated rings. The molecule has 5 nitrogen and oxygen atoms in total. The van der Waals surface area contributed by atoms with Gasteiger partial charge in [-0.25, -0.2) is 0 Å². The summed E-state index contributed by atoms with van der Waals surface area (Å²) < 4.78 is 11.0. The number of carboxylic acids is 1. The Morgan fingerprint density at radius 1 is 1.17 bits per heavy atom. The molecule has 0 radical (unpaired) electrons. The fourth-order valence-corrected chi connectivity index (χ4v) is 2.49. The lowest BCUT2D eigenvalue weighted by Crippen LogP contribution is -1.99. The molecule has 0 aliphatic rings. The SMILES string of the molecule is COc1cccc(COc2ccc3[nH]cc(CC(=O)O)c3c2)c1. The number of nitrogens with one attached hydrogen (secondary N) is 1. The van der Waals surface area contributed by atoms with E-state index < -0.39 is 5.97 Å². The van der Waals surface area contributed by atoms with Gasteiger partial charge in [-0.3, -0.25) is 4.79 Å². The number of aliphatic carboxylic acids is 1. The monoisotopic (exact) mass is 311 g/mol. The van der Waals surface area contributed by atoms with Gasteiger partial charge in [0.15, 0.2) is 0 Å². The van der Waals surface area contributed by atoms with Crippen LogP contribution in [0.3, 0.4) is 0 Å². The molecular formula is C18H17NO4. The molecule has 0 saturated heterocycles. The molecule has 5 heteroatoms. The van der Waals surface area contributed by atoms with Crippen LogP contribution in [0.4, 0.5) is 0 Å². The van der Waals surface area contributed by atoms with Crippen LogP contribution in [0.1, 0.15) is 11.1 Å². The van der Waals surface area contributed by atoms with E-state index in [1.165, 1.54) is 0 Å². The van der Waals surface area contributed by atoms with Gasteiger partial charge in [0, 0.05) is 17.1 Å². The topological polar surface area (TPSA) is 71.5 Å². The maximum atomic E-state index is 10.9. The zero-order valence-corrected chi connectivity index (χ0v) is 12.7. The highest BCUT2D eigenvalue weighted by Gasteiger charge is 2.09. The Morgan fingerprint density at radius 3 is 2.83 bits per heavy atom. The first-order valence-electron chi connectivity index (χ1n) is 7.23. The van der Waals surface area contributed by atoms with Crippen LogP contribution < -0.4 is 9.47 Å². The minimum Gasteiger partial charge on any atom is -0.497 e. The van der Waals surface area contributed by atoms with Crippen LogP contribution in [-0.4, -0.2) is 23.2 Å². The maximum absolute atomic E-state index is 10.9. The van der Waals surface area contributed by atoms with E-state index in [1.807, 2.05) is 42.5 Å². The van der Waals surface area contributed by atoms with Crippen molar-refractivity contribution in [3.8, 4) is 11.5 Å². The number of hydrogen-bond donors (Lipinski definition) is 2. The molecule has 0 aliphatic heterocycles. The fraction of sp³-hybridized carbons (Fsp3) is 0.167. The van der Waals surface area contributed by atoms with E-state index in [0.29, 0.717) is 12.4 Å². The van der Waals surface area contributed by atoms with Crippen LogP contribution in [0.2, 0.25) is 0 Å². The van der Waals surface area contributed by atoms with Crippen molar-refractivity contribution in [1.82, 2.24) is 4.98 Å². The zero-order chi connectivity index (χ0) is 16.2. The Morgan fingerprint density at radius 2 is 2.04 bits per heavy atom. The molecule has 0 unspecified atom stereocenters. The second-order valence-corrected chi connectivity index (χ2v) is 5.23. The van der Waals surface area contributed by atoms with Crippen LogP contribution in [-0.2, 0) is 17.8 Å². The molecule has 23 heavy (non-hydrogen) atoms. The van der Waals surface area contributed by atoms with Gasteiger partial charge in [-0.15, -0.1) is 0 Å². The lowest BCUT2D eigenvalue weighted by atomic mass is 10.1. The first-order valence-corrected chi connectivity index (χ1v) is 7.23. The van der Waals surface area contributed by atoms with Gasteiger partial charge in [0.1, 0.15) is 18.1 Å². The average Bonchev–Trinajstić information content (AvgIpc) is 2.95. The Labute approximate surface area is 133 Å². The van der Waals surface area contributed by atoms with Crippen molar-refractivity contribution in [1.29, 1.82) is 0 Å². The molecular weight excluding hydrogens is 294 g/mol. The van der Waals surface area contributed by atoms with Gasteiger partial charge in [-0.1, -0.05) is 12.1 Å². The number of methoxy groups -OCH3 is 1. The number of H-pyrrole nitrogens is 1. The second kappa shape index (κ2) is 6.44. The third-order valence-electron chi connectivity index (χ3n) is 3.62. The summed E-state index contributed by atoms with van der Waals surface area (Å²) in [5, 5.41) is 9.83. The first-order chi connectivity index (χ1) is 11.2. The summed E-state index contributed by atoms with van der Waals surface area (Å²) in [6.45, 7) is 0.418. The lowest BCUT2D eigenvalue weighted by molar-refractivity contribution is -0.136. The standard InChI is InChI=1S/C18H17NO4/c1-22-14-4-2-3-12(7-14)11-23-15-5-6-17-16(9-15)13(10-19-17)8-18(20)21/h2-7,9-10,19H,8,11H2,1H3,(H,20,21). The number of carbonyl (C=O) groups is 1. The number of hydrogen-bond acceptors (Lipinski definition) is 3. The van der Waals surface area contributed by atoms with Crippen molar-refractivity contribution >= 4 is 16.9 Å². The Balaban J connectivity index is 1.78. The molecule has 0 aliphatic carbocycles. The average molecular weight is 311 g/mol. The van der Waals surface area contributed by atoms with Crippen LogP contribution in [0.25, 0.3) is 10.9 Å². The highest BCUT2D eigenvalue weighted by molar-refractivity contribution is 5.87. The number of rotatable bonds is 6. The number of ether oxygens (including phenoxy) is 2.